The van der Waals surface area contributed by atoms with Crippen molar-refractivity contribution in [1.82, 2.24) is 19.8 Å². The van der Waals surface area contributed by atoms with Gasteiger partial charge in [0.25, 0.3) is 0 Å². The van der Waals surface area contributed by atoms with E-state index in [4.69, 9.17) is 4.98 Å². The van der Waals surface area contributed by atoms with Gasteiger partial charge in [-0.15, -0.1) is 0 Å². The maximum Gasteiger partial charge on any atom is 0.225 e. The second kappa shape index (κ2) is 7.33. The Morgan fingerprint density at radius 1 is 1.08 bits per heavy atom. The van der Waals surface area contributed by atoms with Gasteiger partial charge in [0.05, 0.1) is 5.69 Å². The predicted molar refractivity (Wildman–Crippen MR) is 97.3 cm³/mol. The molecular formula is C20H28N4O2. The summed E-state index contributed by atoms with van der Waals surface area (Å²) in [6, 6.07) is 0. The van der Waals surface area contributed by atoms with Crippen LogP contribution in [0.25, 0.3) is 0 Å². The highest BCUT2D eigenvalue weighted by atomic mass is 16.2. The van der Waals surface area contributed by atoms with Gasteiger partial charge in [0.2, 0.25) is 11.8 Å². The Morgan fingerprint density at radius 3 is 2.65 bits per heavy atom. The molecule has 1 aromatic heterocycles. The lowest BCUT2D eigenvalue weighted by Crippen LogP contribution is -2.36. The van der Waals surface area contributed by atoms with Crippen LogP contribution in [0.1, 0.15) is 68.4 Å². The summed E-state index contributed by atoms with van der Waals surface area (Å²) in [6.07, 6.45) is 9.41. The van der Waals surface area contributed by atoms with Crippen LogP contribution >= 0.6 is 0 Å². The standard InChI is InChI=1S/C20H28N4O2/c1-14(25)23-10-8-18-17(13-23)11-21-19(22-18)16-7-9-24(12-16)20(26)15-5-3-2-4-6-15/h11,15-16H,2-10,12-13H2,1H3/t16-/m0/s1. The summed E-state index contributed by atoms with van der Waals surface area (Å²) in [6.45, 7) is 4.54. The molecule has 0 radical (unpaired) electrons. The van der Waals surface area contributed by atoms with Gasteiger partial charge in [-0.1, -0.05) is 19.3 Å². The Labute approximate surface area is 155 Å². The number of fused-ring (bicyclic) bond motifs is 1. The molecule has 1 atom stereocenters. The maximum absolute atomic E-state index is 12.8. The Bertz CT molecular complexity index is 699. The van der Waals surface area contributed by atoms with E-state index >= 15 is 0 Å². The predicted octanol–water partition coefficient (Wildman–Crippen LogP) is 2.28. The van der Waals surface area contributed by atoms with Crippen LogP contribution in [0, 0.1) is 5.92 Å². The molecule has 26 heavy (non-hydrogen) atoms. The van der Waals surface area contributed by atoms with Gasteiger partial charge >= 0.3 is 0 Å². The smallest absolute Gasteiger partial charge is 0.225 e. The van der Waals surface area contributed by atoms with E-state index in [9.17, 15) is 9.59 Å². The van der Waals surface area contributed by atoms with Crippen molar-refractivity contribution in [3.05, 3.63) is 23.3 Å². The first-order valence-corrected chi connectivity index (χ1v) is 10.0. The zero-order chi connectivity index (χ0) is 18.1. The van der Waals surface area contributed by atoms with E-state index in [1.54, 1.807) is 6.92 Å². The van der Waals surface area contributed by atoms with E-state index in [2.05, 4.69) is 4.98 Å². The molecule has 0 N–H and O–H groups in total. The van der Waals surface area contributed by atoms with Gasteiger partial charge in [0, 0.05) is 63.1 Å². The van der Waals surface area contributed by atoms with Crippen LogP contribution in [0.3, 0.4) is 0 Å². The van der Waals surface area contributed by atoms with E-state index in [0.29, 0.717) is 12.5 Å². The number of nitrogens with zero attached hydrogens (tertiary/aromatic N) is 4. The lowest BCUT2D eigenvalue weighted by atomic mass is 9.88. The summed E-state index contributed by atoms with van der Waals surface area (Å²) in [5, 5.41) is 0. The van der Waals surface area contributed by atoms with Crippen molar-refractivity contribution in [3.8, 4) is 0 Å². The van der Waals surface area contributed by atoms with Crippen LogP contribution in [0.2, 0.25) is 0 Å². The van der Waals surface area contributed by atoms with Gasteiger partial charge in [-0.3, -0.25) is 9.59 Å². The maximum atomic E-state index is 12.8. The van der Waals surface area contributed by atoms with Gasteiger partial charge in [-0.2, -0.15) is 0 Å². The molecule has 4 rings (SSSR count). The third-order valence-corrected chi connectivity index (χ3v) is 6.22. The number of rotatable bonds is 2. The minimum absolute atomic E-state index is 0.104. The van der Waals surface area contributed by atoms with Crippen molar-refractivity contribution in [1.29, 1.82) is 0 Å². The SMILES string of the molecule is CC(=O)N1CCc2nc([C@H]3CCN(C(=O)C4CCCCC4)C3)ncc2C1. The average molecular weight is 356 g/mol. The molecule has 140 valence electrons. The third-order valence-electron chi connectivity index (χ3n) is 6.22. The van der Waals surface area contributed by atoms with Crippen molar-refractivity contribution in [3.63, 3.8) is 0 Å². The molecular weight excluding hydrogens is 328 g/mol. The second-order valence-electron chi connectivity index (χ2n) is 8.00. The van der Waals surface area contributed by atoms with Crippen LogP contribution in [0.4, 0.5) is 0 Å². The summed E-state index contributed by atoms with van der Waals surface area (Å²) in [7, 11) is 0. The van der Waals surface area contributed by atoms with Crippen molar-refractivity contribution < 1.29 is 9.59 Å². The number of carbonyl (C=O) groups is 2. The highest BCUT2D eigenvalue weighted by Crippen LogP contribution is 2.31. The van der Waals surface area contributed by atoms with Crippen molar-refractivity contribution in [2.24, 2.45) is 5.92 Å². The van der Waals surface area contributed by atoms with Gasteiger partial charge < -0.3 is 9.80 Å². The fourth-order valence-electron chi connectivity index (χ4n) is 4.58. The molecule has 3 heterocycles. The molecule has 0 aromatic carbocycles. The number of carbonyl (C=O) groups excluding carboxylic acids is 2. The summed E-state index contributed by atoms with van der Waals surface area (Å²) < 4.78 is 0. The second-order valence-corrected chi connectivity index (χ2v) is 8.00. The lowest BCUT2D eigenvalue weighted by Gasteiger charge is -2.27. The topological polar surface area (TPSA) is 66.4 Å². The van der Waals surface area contributed by atoms with E-state index < -0.39 is 0 Å². The highest BCUT2D eigenvalue weighted by Gasteiger charge is 2.33. The minimum atomic E-state index is 0.104. The number of likely N-dealkylation sites (tertiary alicyclic amines) is 1. The van der Waals surface area contributed by atoms with Crippen LogP contribution < -0.4 is 0 Å². The largest absolute Gasteiger partial charge is 0.342 e. The zero-order valence-electron chi connectivity index (χ0n) is 15.6. The minimum Gasteiger partial charge on any atom is -0.342 e. The van der Waals surface area contributed by atoms with Gasteiger partial charge in [0.15, 0.2) is 0 Å². The summed E-state index contributed by atoms with van der Waals surface area (Å²) in [5.74, 6) is 1.82. The molecule has 6 heteroatoms. The number of hydrogen-bond donors (Lipinski definition) is 0. The van der Waals surface area contributed by atoms with Crippen molar-refractivity contribution >= 4 is 11.8 Å². The highest BCUT2D eigenvalue weighted by molar-refractivity contribution is 5.79. The van der Waals surface area contributed by atoms with E-state index in [1.807, 2.05) is 16.0 Å². The van der Waals surface area contributed by atoms with Gasteiger partial charge in [-0.25, -0.2) is 9.97 Å². The summed E-state index contributed by atoms with van der Waals surface area (Å²) in [5.41, 5.74) is 2.13. The molecule has 2 aliphatic heterocycles. The lowest BCUT2D eigenvalue weighted by molar-refractivity contribution is -0.135. The first-order chi connectivity index (χ1) is 12.6. The Balaban J connectivity index is 1.41. The summed E-state index contributed by atoms with van der Waals surface area (Å²) >= 11 is 0. The number of hydrogen-bond acceptors (Lipinski definition) is 4. The monoisotopic (exact) mass is 356 g/mol. The first-order valence-electron chi connectivity index (χ1n) is 10.0. The van der Waals surface area contributed by atoms with E-state index in [-0.39, 0.29) is 17.7 Å². The van der Waals surface area contributed by atoms with Crippen molar-refractivity contribution in [2.45, 2.75) is 64.3 Å². The van der Waals surface area contributed by atoms with E-state index in [0.717, 1.165) is 62.4 Å². The van der Waals surface area contributed by atoms with Crippen LogP contribution in [-0.4, -0.2) is 51.2 Å². The molecule has 2 amide bonds. The van der Waals surface area contributed by atoms with Crippen molar-refractivity contribution in [2.75, 3.05) is 19.6 Å². The fourth-order valence-corrected chi connectivity index (χ4v) is 4.58. The molecule has 6 nitrogen and oxygen atoms in total. The Hall–Kier alpha value is -1.98. The van der Waals surface area contributed by atoms with Crippen LogP contribution in [0.15, 0.2) is 6.20 Å². The van der Waals surface area contributed by atoms with Crippen LogP contribution in [-0.2, 0) is 22.6 Å². The van der Waals surface area contributed by atoms with Crippen LogP contribution in [0.5, 0.6) is 0 Å². The molecule has 3 aliphatic rings. The molecule has 1 saturated carbocycles. The fraction of sp³-hybridized carbons (Fsp3) is 0.700. The molecule has 0 spiro atoms. The average Bonchev–Trinajstić information content (AvgIpc) is 3.17. The molecule has 1 aliphatic carbocycles. The summed E-state index contributed by atoms with van der Waals surface area (Å²) in [4.78, 5) is 37.6. The number of aromatic nitrogens is 2. The number of amides is 2. The normalized spacial score (nSPS) is 23.8. The Kier molecular flexibility index (Phi) is 4.92. The van der Waals surface area contributed by atoms with Gasteiger partial charge in [0.1, 0.15) is 5.82 Å². The quantitative estimate of drug-likeness (QED) is 0.815. The molecule has 2 fully saturated rings. The molecule has 0 bridgehead atoms. The van der Waals surface area contributed by atoms with Gasteiger partial charge in [-0.05, 0) is 19.3 Å². The first kappa shape index (κ1) is 17.4. The molecule has 0 unspecified atom stereocenters. The third kappa shape index (κ3) is 3.46. The Morgan fingerprint density at radius 2 is 1.88 bits per heavy atom. The molecule has 1 saturated heterocycles. The van der Waals surface area contributed by atoms with E-state index in [1.165, 1.54) is 19.3 Å². The zero-order valence-corrected chi connectivity index (χ0v) is 15.6. The molecule has 1 aromatic rings.